The number of carbonyl (C=O) groups is 2. The maximum absolute atomic E-state index is 11.5. The third-order valence-electron chi connectivity index (χ3n) is 2.21. The zero-order valence-corrected chi connectivity index (χ0v) is 8.53. The number of amides is 3. The summed E-state index contributed by atoms with van der Waals surface area (Å²) in [5.74, 6) is -1.37. The van der Waals surface area contributed by atoms with Crippen molar-refractivity contribution in [2.75, 3.05) is 28.3 Å². The third kappa shape index (κ3) is 1.15. The number of rotatable bonds is 1. The third-order valence-corrected chi connectivity index (χ3v) is 2.21. The van der Waals surface area contributed by atoms with Crippen molar-refractivity contribution in [3.05, 3.63) is 11.6 Å². The molecule has 0 spiro atoms. The molecule has 0 aromatic rings. The molecule has 1 fully saturated rings. The Morgan fingerprint density at radius 2 is 1.93 bits per heavy atom. The summed E-state index contributed by atoms with van der Waals surface area (Å²) in [5.41, 5.74) is -0.167. The van der Waals surface area contributed by atoms with Crippen molar-refractivity contribution in [2.45, 2.75) is 0 Å². The SMILES string of the molecule is CO/C([O-])=C1/C(=O)N(C)C(=O)[N+]1(C)C. The fourth-order valence-electron chi connectivity index (χ4n) is 1.37. The molecular formula is C8H12N2O4. The number of methoxy groups -OCH3 is 1. The van der Waals surface area contributed by atoms with Crippen LogP contribution in [0.15, 0.2) is 11.6 Å². The predicted molar refractivity (Wildman–Crippen MR) is 44.3 cm³/mol. The minimum absolute atomic E-state index is 0.167. The first-order valence-electron chi connectivity index (χ1n) is 3.96. The lowest BCUT2D eigenvalue weighted by atomic mass is 10.4. The highest BCUT2D eigenvalue weighted by molar-refractivity contribution is 6.06. The monoisotopic (exact) mass is 200 g/mol. The summed E-state index contributed by atoms with van der Waals surface area (Å²) >= 11 is 0. The summed E-state index contributed by atoms with van der Waals surface area (Å²) in [5, 5.41) is 11.3. The van der Waals surface area contributed by atoms with E-state index in [1.54, 1.807) is 0 Å². The minimum Gasteiger partial charge on any atom is -0.612 e. The minimum atomic E-state index is -0.766. The smallest absolute Gasteiger partial charge is 0.430 e. The molecule has 1 rings (SSSR count). The Kier molecular flexibility index (Phi) is 2.24. The van der Waals surface area contributed by atoms with Gasteiger partial charge in [0.15, 0.2) is 0 Å². The number of carbonyl (C=O) groups excluding carboxylic acids is 2. The lowest BCUT2D eigenvalue weighted by Crippen LogP contribution is -2.43. The average molecular weight is 200 g/mol. The number of likely N-dealkylation sites (N-methyl/N-ethyl adjacent to an activating group) is 2. The lowest BCUT2D eigenvalue weighted by molar-refractivity contribution is -0.763. The Morgan fingerprint density at radius 1 is 1.43 bits per heavy atom. The first-order valence-corrected chi connectivity index (χ1v) is 3.96. The highest BCUT2D eigenvalue weighted by Crippen LogP contribution is 2.26. The molecule has 0 saturated carbocycles. The molecule has 6 nitrogen and oxygen atoms in total. The van der Waals surface area contributed by atoms with Gasteiger partial charge in [-0.1, -0.05) is 0 Å². The molecule has 0 aromatic carbocycles. The van der Waals surface area contributed by atoms with E-state index in [1.807, 2.05) is 0 Å². The molecular weight excluding hydrogens is 188 g/mol. The number of ether oxygens (including phenoxy) is 1. The quantitative estimate of drug-likeness (QED) is 0.231. The first-order chi connectivity index (χ1) is 6.34. The Morgan fingerprint density at radius 3 is 2.21 bits per heavy atom. The average Bonchev–Trinajstić information content (AvgIpc) is 2.27. The topological polar surface area (TPSA) is 69.7 Å². The molecule has 3 amide bonds. The van der Waals surface area contributed by atoms with Gasteiger partial charge in [-0.05, 0) is 7.11 Å². The van der Waals surface area contributed by atoms with Gasteiger partial charge in [-0.15, -0.1) is 0 Å². The van der Waals surface area contributed by atoms with E-state index in [9.17, 15) is 14.7 Å². The van der Waals surface area contributed by atoms with E-state index in [0.29, 0.717) is 0 Å². The highest BCUT2D eigenvalue weighted by Gasteiger charge is 2.51. The van der Waals surface area contributed by atoms with E-state index in [0.717, 1.165) is 4.90 Å². The molecule has 1 heterocycles. The molecule has 1 aliphatic heterocycles. The molecule has 6 heteroatoms. The van der Waals surface area contributed by atoms with Crippen molar-refractivity contribution in [3.63, 3.8) is 0 Å². The molecule has 0 aromatic heterocycles. The van der Waals surface area contributed by atoms with Crippen LogP contribution in [0.5, 0.6) is 0 Å². The van der Waals surface area contributed by atoms with Crippen LogP contribution in [-0.2, 0) is 9.53 Å². The number of hydrogen-bond acceptors (Lipinski definition) is 4. The van der Waals surface area contributed by atoms with Crippen LogP contribution in [0, 0.1) is 0 Å². The lowest BCUT2D eigenvalue weighted by Gasteiger charge is -2.21. The zero-order chi connectivity index (χ0) is 11.1. The van der Waals surface area contributed by atoms with Crippen LogP contribution in [0.2, 0.25) is 0 Å². The van der Waals surface area contributed by atoms with Gasteiger partial charge >= 0.3 is 11.9 Å². The maximum atomic E-state index is 11.5. The summed E-state index contributed by atoms with van der Waals surface area (Å²) in [6.45, 7) is 0. The summed E-state index contributed by atoms with van der Waals surface area (Å²) in [4.78, 5) is 23.9. The molecule has 0 N–H and O–H groups in total. The highest BCUT2D eigenvalue weighted by atomic mass is 16.6. The fourth-order valence-corrected chi connectivity index (χ4v) is 1.37. The maximum Gasteiger partial charge on any atom is 0.430 e. The van der Waals surface area contributed by atoms with Crippen molar-refractivity contribution in [1.82, 2.24) is 4.90 Å². The van der Waals surface area contributed by atoms with Gasteiger partial charge in [-0.2, -0.15) is 0 Å². The number of hydrogen-bond donors (Lipinski definition) is 0. The van der Waals surface area contributed by atoms with Gasteiger partial charge < -0.3 is 9.84 Å². The van der Waals surface area contributed by atoms with Crippen molar-refractivity contribution < 1.29 is 23.9 Å². The van der Waals surface area contributed by atoms with Crippen molar-refractivity contribution in [1.29, 1.82) is 0 Å². The normalized spacial score (nSPS) is 24.1. The summed E-state index contributed by atoms with van der Waals surface area (Å²) in [7, 11) is 5.44. The molecule has 0 aliphatic carbocycles. The standard InChI is InChI=1S/C8H12N2O4/c1-9-6(11)5(7(12)14-4)10(2,3)8(9)13/h1-4H3. The van der Waals surface area contributed by atoms with Crippen molar-refractivity contribution in [2.24, 2.45) is 0 Å². The molecule has 1 saturated heterocycles. The van der Waals surface area contributed by atoms with Gasteiger partial charge in [0.05, 0.1) is 14.1 Å². The van der Waals surface area contributed by atoms with Crippen LogP contribution >= 0.6 is 0 Å². The summed E-state index contributed by atoms with van der Waals surface area (Å²) < 4.78 is 4.04. The number of nitrogens with zero attached hydrogens (tertiary/aromatic N) is 2. The predicted octanol–water partition coefficient (Wildman–Crippen LogP) is -1.17. The molecule has 0 radical (unpaired) electrons. The van der Waals surface area contributed by atoms with E-state index in [2.05, 4.69) is 4.74 Å². The number of imide groups is 1. The van der Waals surface area contributed by atoms with E-state index in [1.165, 1.54) is 28.3 Å². The number of quaternary nitrogens is 1. The van der Waals surface area contributed by atoms with Crippen molar-refractivity contribution >= 4 is 11.9 Å². The molecule has 14 heavy (non-hydrogen) atoms. The van der Waals surface area contributed by atoms with E-state index in [-0.39, 0.29) is 5.70 Å². The molecule has 78 valence electrons. The molecule has 0 unspecified atom stereocenters. The Hall–Kier alpha value is -1.56. The molecule has 0 atom stereocenters. The van der Waals surface area contributed by atoms with E-state index in [4.69, 9.17) is 0 Å². The van der Waals surface area contributed by atoms with Crippen LogP contribution in [0.25, 0.3) is 0 Å². The van der Waals surface area contributed by atoms with Gasteiger partial charge in [0.1, 0.15) is 5.95 Å². The van der Waals surface area contributed by atoms with E-state index >= 15 is 0 Å². The van der Waals surface area contributed by atoms with Gasteiger partial charge in [0, 0.05) is 7.05 Å². The fraction of sp³-hybridized carbons (Fsp3) is 0.500. The van der Waals surface area contributed by atoms with Gasteiger partial charge in [0.2, 0.25) is 5.70 Å². The Labute approximate surface area is 81.6 Å². The van der Waals surface area contributed by atoms with E-state index < -0.39 is 22.4 Å². The second-order valence-corrected chi connectivity index (χ2v) is 3.44. The molecule has 1 aliphatic rings. The summed E-state index contributed by atoms with van der Waals surface area (Å²) in [6.07, 6.45) is 0. The van der Waals surface area contributed by atoms with Crippen molar-refractivity contribution in [3.8, 4) is 0 Å². The Balaban J connectivity index is 3.33. The van der Waals surface area contributed by atoms with Crippen LogP contribution in [-0.4, -0.2) is 49.6 Å². The first kappa shape index (κ1) is 10.5. The zero-order valence-electron chi connectivity index (χ0n) is 8.53. The van der Waals surface area contributed by atoms with Gasteiger partial charge in [0.25, 0.3) is 0 Å². The van der Waals surface area contributed by atoms with Crippen LogP contribution in [0.4, 0.5) is 4.79 Å². The van der Waals surface area contributed by atoms with Crippen LogP contribution in [0.1, 0.15) is 0 Å². The Bertz CT molecular complexity index is 332. The second kappa shape index (κ2) is 2.98. The second-order valence-electron chi connectivity index (χ2n) is 3.44. The van der Waals surface area contributed by atoms with Gasteiger partial charge in [-0.25, -0.2) is 14.2 Å². The summed E-state index contributed by atoms with van der Waals surface area (Å²) in [6, 6.07) is -0.449. The largest absolute Gasteiger partial charge is 0.612 e. The van der Waals surface area contributed by atoms with Crippen LogP contribution in [0.3, 0.4) is 0 Å². The van der Waals surface area contributed by atoms with Crippen LogP contribution < -0.4 is 5.11 Å². The number of urea groups is 1. The van der Waals surface area contributed by atoms with Gasteiger partial charge in [-0.3, -0.25) is 4.79 Å². The molecule has 0 bridgehead atoms.